The Bertz CT molecular complexity index is 1100. The van der Waals surface area contributed by atoms with E-state index in [-0.39, 0.29) is 11.6 Å². The standard InChI is InChI=1S/C22H20N4O3/c1-14-23-18(21(27)25-17-8-5-7-16(12-17)22(28)29-2)13-20(24-14)26-11-10-15-6-3-4-9-19(15)26/h3-9,12-13H,10-11H2,1-2H3,(H,25,27). The number of methoxy groups -OCH3 is 1. The molecule has 0 bridgehead atoms. The normalized spacial score (nSPS) is 12.4. The van der Waals surface area contributed by atoms with Crippen LogP contribution >= 0.6 is 0 Å². The Morgan fingerprint density at radius 3 is 2.72 bits per heavy atom. The number of aryl methyl sites for hydroxylation is 1. The van der Waals surface area contributed by atoms with Crippen molar-refractivity contribution in [3.05, 3.63) is 77.2 Å². The lowest BCUT2D eigenvalue weighted by Gasteiger charge is -2.19. The number of nitrogens with zero attached hydrogens (tertiary/aromatic N) is 3. The molecule has 0 spiro atoms. The van der Waals surface area contributed by atoms with Crippen LogP contribution in [0.2, 0.25) is 0 Å². The first-order valence-corrected chi connectivity index (χ1v) is 9.26. The monoisotopic (exact) mass is 388 g/mol. The van der Waals surface area contributed by atoms with Crippen molar-refractivity contribution in [2.75, 3.05) is 23.9 Å². The second kappa shape index (κ2) is 7.71. The summed E-state index contributed by atoms with van der Waals surface area (Å²) >= 11 is 0. The van der Waals surface area contributed by atoms with Gasteiger partial charge in [0.25, 0.3) is 5.91 Å². The molecule has 1 N–H and O–H groups in total. The molecule has 2 aromatic carbocycles. The van der Waals surface area contributed by atoms with Crippen LogP contribution in [0.4, 0.5) is 17.2 Å². The van der Waals surface area contributed by atoms with E-state index >= 15 is 0 Å². The van der Waals surface area contributed by atoms with Crippen molar-refractivity contribution < 1.29 is 14.3 Å². The van der Waals surface area contributed by atoms with Crippen LogP contribution in [0.3, 0.4) is 0 Å². The molecule has 1 amide bonds. The lowest BCUT2D eigenvalue weighted by Crippen LogP contribution is -2.19. The van der Waals surface area contributed by atoms with Crippen molar-refractivity contribution in [3.63, 3.8) is 0 Å². The number of hydrogen-bond acceptors (Lipinski definition) is 6. The van der Waals surface area contributed by atoms with E-state index in [9.17, 15) is 9.59 Å². The van der Waals surface area contributed by atoms with Crippen LogP contribution < -0.4 is 10.2 Å². The number of hydrogen-bond donors (Lipinski definition) is 1. The number of fused-ring (bicyclic) bond motifs is 1. The number of nitrogens with one attached hydrogen (secondary N) is 1. The average molecular weight is 388 g/mol. The summed E-state index contributed by atoms with van der Waals surface area (Å²) in [4.78, 5) is 35.4. The summed E-state index contributed by atoms with van der Waals surface area (Å²) in [5.41, 5.74) is 3.47. The van der Waals surface area contributed by atoms with Gasteiger partial charge < -0.3 is 15.0 Å². The third kappa shape index (κ3) is 3.80. The highest BCUT2D eigenvalue weighted by Gasteiger charge is 2.22. The van der Waals surface area contributed by atoms with Crippen molar-refractivity contribution in [3.8, 4) is 0 Å². The first-order chi connectivity index (χ1) is 14.0. The fourth-order valence-corrected chi connectivity index (χ4v) is 3.42. The minimum atomic E-state index is -0.464. The number of esters is 1. The van der Waals surface area contributed by atoms with Gasteiger partial charge in [0.15, 0.2) is 0 Å². The molecule has 0 unspecified atom stereocenters. The Kier molecular flexibility index (Phi) is 4.95. The van der Waals surface area contributed by atoms with Gasteiger partial charge in [0.1, 0.15) is 17.3 Å². The zero-order valence-corrected chi connectivity index (χ0v) is 16.2. The number of anilines is 3. The van der Waals surface area contributed by atoms with Crippen molar-refractivity contribution in [1.29, 1.82) is 0 Å². The topological polar surface area (TPSA) is 84.4 Å². The van der Waals surface area contributed by atoms with Crippen molar-refractivity contribution >= 4 is 29.1 Å². The number of amides is 1. The summed E-state index contributed by atoms with van der Waals surface area (Å²) in [6.07, 6.45) is 0.932. The summed E-state index contributed by atoms with van der Waals surface area (Å²) < 4.78 is 4.72. The van der Waals surface area contributed by atoms with Gasteiger partial charge in [-0.25, -0.2) is 14.8 Å². The van der Waals surface area contributed by atoms with Crippen molar-refractivity contribution in [2.24, 2.45) is 0 Å². The van der Waals surface area contributed by atoms with E-state index in [2.05, 4.69) is 32.3 Å². The molecule has 1 aromatic heterocycles. The van der Waals surface area contributed by atoms with Crippen LogP contribution in [0.25, 0.3) is 0 Å². The second-order valence-electron chi connectivity index (χ2n) is 6.72. The van der Waals surface area contributed by atoms with Gasteiger partial charge in [0.05, 0.1) is 12.7 Å². The maximum Gasteiger partial charge on any atom is 0.337 e. The second-order valence-corrected chi connectivity index (χ2v) is 6.72. The third-order valence-electron chi connectivity index (χ3n) is 4.76. The summed E-state index contributed by atoms with van der Waals surface area (Å²) in [6.45, 7) is 2.57. The minimum absolute atomic E-state index is 0.264. The molecule has 0 saturated heterocycles. The van der Waals surface area contributed by atoms with Gasteiger partial charge in [-0.3, -0.25) is 4.79 Å². The predicted octanol–water partition coefficient (Wildman–Crippen LogP) is 3.52. The Balaban J connectivity index is 1.60. The molecule has 3 aromatic rings. The number of rotatable bonds is 4. The number of carbonyl (C=O) groups excluding carboxylic acids is 2. The van der Waals surface area contributed by atoms with Crippen LogP contribution in [-0.4, -0.2) is 35.5 Å². The molecule has 2 heterocycles. The zero-order valence-electron chi connectivity index (χ0n) is 16.2. The number of carbonyl (C=O) groups is 2. The first kappa shape index (κ1) is 18.6. The molecule has 0 aliphatic carbocycles. The molecule has 0 radical (unpaired) electrons. The molecule has 0 atom stereocenters. The Morgan fingerprint density at radius 2 is 1.90 bits per heavy atom. The van der Waals surface area contributed by atoms with Crippen LogP contribution in [-0.2, 0) is 11.2 Å². The molecule has 7 heteroatoms. The highest BCUT2D eigenvalue weighted by molar-refractivity contribution is 6.04. The molecule has 7 nitrogen and oxygen atoms in total. The predicted molar refractivity (Wildman–Crippen MR) is 110 cm³/mol. The molecule has 0 saturated carbocycles. The number of aromatic nitrogens is 2. The van der Waals surface area contributed by atoms with Crippen LogP contribution in [0, 0.1) is 6.92 Å². The molecule has 1 aliphatic heterocycles. The van der Waals surface area contributed by atoms with E-state index in [1.165, 1.54) is 12.7 Å². The van der Waals surface area contributed by atoms with Gasteiger partial charge in [0, 0.05) is 24.0 Å². The number of ether oxygens (including phenoxy) is 1. The lowest BCUT2D eigenvalue weighted by molar-refractivity contribution is 0.0600. The van der Waals surface area contributed by atoms with E-state index in [1.807, 2.05) is 12.1 Å². The highest BCUT2D eigenvalue weighted by Crippen LogP contribution is 2.33. The van der Waals surface area contributed by atoms with E-state index in [4.69, 9.17) is 4.74 Å². The van der Waals surface area contributed by atoms with Gasteiger partial charge in [-0.05, 0) is 43.2 Å². The van der Waals surface area contributed by atoms with E-state index in [0.29, 0.717) is 22.9 Å². The Hall–Kier alpha value is -3.74. The van der Waals surface area contributed by atoms with Crippen LogP contribution in [0.15, 0.2) is 54.6 Å². The smallest absolute Gasteiger partial charge is 0.337 e. The van der Waals surface area contributed by atoms with Crippen molar-refractivity contribution in [2.45, 2.75) is 13.3 Å². The van der Waals surface area contributed by atoms with Crippen LogP contribution in [0.1, 0.15) is 32.2 Å². The van der Waals surface area contributed by atoms with Gasteiger partial charge >= 0.3 is 5.97 Å². The van der Waals surface area contributed by atoms with E-state index in [0.717, 1.165) is 18.7 Å². The SMILES string of the molecule is COC(=O)c1cccc(NC(=O)c2cc(N3CCc4ccccc43)nc(C)n2)c1. The average Bonchev–Trinajstić information content (AvgIpc) is 3.17. The maximum absolute atomic E-state index is 12.8. The fraction of sp³-hybridized carbons (Fsp3) is 0.182. The Morgan fingerprint density at radius 1 is 1.07 bits per heavy atom. The lowest BCUT2D eigenvalue weighted by atomic mass is 10.2. The molecular formula is C22H20N4O3. The molecular weight excluding hydrogens is 368 g/mol. The van der Waals surface area contributed by atoms with Gasteiger partial charge in [-0.15, -0.1) is 0 Å². The fourth-order valence-electron chi connectivity index (χ4n) is 3.42. The maximum atomic E-state index is 12.8. The Labute approximate surface area is 168 Å². The van der Waals surface area contributed by atoms with E-state index < -0.39 is 5.97 Å². The highest BCUT2D eigenvalue weighted by atomic mass is 16.5. The molecule has 146 valence electrons. The van der Waals surface area contributed by atoms with Crippen LogP contribution in [0.5, 0.6) is 0 Å². The summed E-state index contributed by atoms with van der Waals surface area (Å²) in [7, 11) is 1.31. The van der Waals surface area contributed by atoms with Gasteiger partial charge in [0.2, 0.25) is 0 Å². The summed E-state index contributed by atoms with van der Waals surface area (Å²) in [5.74, 6) is 0.372. The quantitative estimate of drug-likeness (QED) is 0.689. The van der Waals surface area contributed by atoms with Gasteiger partial charge in [-0.1, -0.05) is 24.3 Å². The number of para-hydroxylation sites is 1. The summed E-state index contributed by atoms with van der Waals surface area (Å²) in [6, 6.07) is 16.4. The van der Waals surface area contributed by atoms with Gasteiger partial charge in [-0.2, -0.15) is 0 Å². The molecule has 29 heavy (non-hydrogen) atoms. The molecule has 4 rings (SSSR count). The molecule has 1 aliphatic rings. The zero-order chi connectivity index (χ0) is 20.4. The van der Waals surface area contributed by atoms with Crippen molar-refractivity contribution in [1.82, 2.24) is 9.97 Å². The number of benzene rings is 2. The molecule has 0 fully saturated rings. The largest absolute Gasteiger partial charge is 0.465 e. The van der Waals surface area contributed by atoms with E-state index in [1.54, 1.807) is 37.3 Å². The summed E-state index contributed by atoms with van der Waals surface area (Å²) in [5, 5.41) is 2.79. The minimum Gasteiger partial charge on any atom is -0.465 e. The third-order valence-corrected chi connectivity index (χ3v) is 4.76. The first-order valence-electron chi connectivity index (χ1n) is 9.26.